The van der Waals surface area contributed by atoms with Gasteiger partial charge in [-0.15, -0.1) is 0 Å². The van der Waals surface area contributed by atoms with E-state index in [1.54, 1.807) is 0 Å². The second-order valence-corrected chi connectivity index (χ2v) is 6.10. The molecule has 0 aromatic heterocycles. The lowest BCUT2D eigenvalue weighted by Crippen LogP contribution is -2.36. The minimum atomic E-state index is 0.308. The van der Waals surface area contributed by atoms with Gasteiger partial charge in [0.25, 0.3) is 0 Å². The molecule has 0 spiro atoms. The van der Waals surface area contributed by atoms with Crippen molar-refractivity contribution in [3.05, 3.63) is 35.4 Å². The van der Waals surface area contributed by atoms with Crippen LogP contribution in [0.25, 0.3) is 0 Å². The Labute approximate surface area is 128 Å². The van der Waals surface area contributed by atoms with E-state index in [0.29, 0.717) is 18.2 Å². The van der Waals surface area contributed by atoms with E-state index < -0.39 is 0 Å². The van der Waals surface area contributed by atoms with E-state index in [2.05, 4.69) is 31.2 Å². The quantitative estimate of drug-likeness (QED) is 0.838. The van der Waals surface area contributed by atoms with E-state index in [1.165, 1.54) is 24.0 Å². The van der Waals surface area contributed by atoms with Crippen molar-refractivity contribution in [2.45, 2.75) is 52.0 Å². The van der Waals surface area contributed by atoms with E-state index in [4.69, 9.17) is 5.73 Å². The Balaban J connectivity index is 1.84. The molecule has 1 heterocycles. The third kappa shape index (κ3) is 4.57. The van der Waals surface area contributed by atoms with E-state index in [-0.39, 0.29) is 0 Å². The van der Waals surface area contributed by atoms with Crippen molar-refractivity contribution in [2.75, 3.05) is 13.1 Å². The number of nitrogens with two attached hydrogens (primary N) is 1. The summed E-state index contributed by atoms with van der Waals surface area (Å²) in [4.78, 5) is 14.4. The third-order valence-electron chi connectivity index (χ3n) is 4.52. The summed E-state index contributed by atoms with van der Waals surface area (Å²) in [6.07, 6.45) is 6.06. The highest BCUT2D eigenvalue weighted by molar-refractivity contribution is 5.76. The van der Waals surface area contributed by atoms with Crippen LogP contribution in [0.15, 0.2) is 24.3 Å². The summed E-state index contributed by atoms with van der Waals surface area (Å²) in [7, 11) is 0. The zero-order chi connectivity index (χ0) is 15.1. The van der Waals surface area contributed by atoms with Crippen LogP contribution in [-0.2, 0) is 17.8 Å². The highest BCUT2D eigenvalue weighted by Gasteiger charge is 2.20. The van der Waals surface area contributed by atoms with Gasteiger partial charge in [-0.2, -0.15) is 0 Å². The summed E-state index contributed by atoms with van der Waals surface area (Å²) >= 11 is 0. The van der Waals surface area contributed by atoms with Crippen molar-refractivity contribution in [3.63, 3.8) is 0 Å². The molecule has 0 fully saturated rings. The minimum Gasteiger partial charge on any atom is -0.338 e. The van der Waals surface area contributed by atoms with Crippen LogP contribution < -0.4 is 5.73 Å². The molecule has 2 rings (SSSR count). The van der Waals surface area contributed by atoms with Crippen LogP contribution >= 0.6 is 0 Å². The standard InChI is InChI=1S/C18H28N2O/c1-2-5-15(10-12-19)8-9-18(21)20-13-11-16-6-3-4-7-17(16)14-20/h3-4,6-7,15H,2,5,8-14,19H2,1H3. The molecule has 1 aliphatic rings. The first-order valence-corrected chi connectivity index (χ1v) is 8.29. The summed E-state index contributed by atoms with van der Waals surface area (Å²) in [5.74, 6) is 0.920. The molecule has 3 heteroatoms. The maximum absolute atomic E-state index is 12.4. The zero-order valence-electron chi connectivity index (χ0n) is 13.2. The highest BCUT2D eigenvalue weighted by atomic mass is 16.2. The molecule has 21 heavy (non-hydrogen) atoms. The monoisotopic (exact) mass is 288 g/mol. The molecule has 116 valence electrons. The fraction of sp³-hybridized carbons (Fsp3) is 0.611. The summed E-state index contributed by atoms with van der Waals surface area (Å²) in [5.41, 5.74) is 8.37. The van der Waals surface area contributed by atoms with Crippen molar-refractivity contribution < 1.29 is 4.79 Å². The van der Waals surface area contributed by atoms with Gasteiger partial charge in [0.1, 0.15) is 0 Å². The van der Waals surface area contributed by atoms with E-state index in [1.807, 2.05) is 4.90 Å². The van der Waals surface area contributed by atoms with Crippen molar-refractivity contribution in [3.8, 4) is 0 Å². The predicted molar refractivity (Wildman–Crippen MR) is 86.9 cm³/mol. The van der Waals surface area contributed by atoms with Crippen LogP contribution in [0, 0.1) is 5.92 Å². The molecule has 1 atom stereocenters. The number of nitrogens with zero attached hydrogens (tertiary/aromatic N) is 1. The van der Waals surface area contributed by atoms with Crippen LogP contribution in [0.5, 0.6) is 0 Å². The molecule has 0 saturated carbocycles. The predicted octanol–water partition coefficient (Wildman–Crippen LogP) is 3.12. The van der Waals surface area contributed by atoms with Gasteiger partial charge in [0.2, 0.25) is 5.91 Å². The second-order valence-electron chi connectivity index (χ2n) is 6.10. The Bertz CT molecular complexity index is 452. The first kappa shape index (κ1) is 16.0. The summed E-state index contributed by atoms with van der Waals surface area (Å²) in [6.45, 7) is 4.58. The molecular formula is C18H28N2O. The van der Waals surface area contributed by atoms with Gasteiger partial charge in [0.15, 0.2) is 0 Å². The Kier molecular flexibility index (Phi) is 6.24. The maximum Gasteiger partial charge on any atom is 0.222 e. The number of carbonyl (C=O) groups excluding carboxylic acids is 1. The second kappa shape index (κ2) is 8.18. The average Bonchev–Trinajstić information content (AvgIpc) is 2.52. The van der Waals surface area contributed by atoms with Crippen molar-refractivity contribution >= 4 is 5.91 Å². The Hall–Kier alpha value is -1.35. The normalized spacial score (nSPS) is 15.6. The molecule has 1 aromatic carbocycles. The molecule has 0 saturated heterocycles. The van der Waals surface area contributed by atoms with Crippen molar-refractivity contribution in [1.82, 2.24) is 4.90 Å². The van der Waals surface area contributed by atoms with E-state index in [0.717, 1.165) is 38.9 Å². The van der Waals surface area contributed by atoms with Gasteiger partial charge in [-0.05, 0) is 42.9 Å². The number of fused-ring (bicyclic) bond motifs is 1. The first-order chi connectivity index (χ1) is 10.2. The zero-order valence-corrected chi connectivity index (χ0v) is 13.2. The molecule has 1 aromatic rings. The third-order valence-corrected chi connectivity index (χ3v) is 4.52. The Morgan fingerprint density at radius 2 is 2.00 bits per heavy atom. The number of carbonyl (C=O) groups is 1. The number of benzene rings is 1. The number of hydrogen-bond donors (Lipinski definition) is 1. The van der Waals surface area contributed by atoms with Gasteiger partial charge in [-0.3, -0.25) is 4.79 Å². The fourth-order valence-electron chi connectivity index (χ4n) is 3.27. The summed E-state index contributed by atoms with van der Waals surface area (Å²) < 4.78 is 0. The molecule has 2 N–H and O–H groups in total. The number of amides is 1. The smallest absolute Gasteiger partial charge is 0.222 e. The summed E-state index contributed by atoms with van der Waals surface area (Å²) in [6, 6.07) is 8.46. The maximum atomic E-state index is 12.4. The molecule has 0 aliphatic carbocycles. The lowest BCUT2D eigenvalue weighted by atomic mass is 9.93. The van der Waals surface area contributed by atoms with Crippen LogP contribution in [0.1, 0.15) is 50.2 Å². The van der Waals surface area contributed by atoms with Crippen LogP contribution in [0.2, 0.25) is 0 Å². The van der Waals surface area contributed by atoms with Crippen LogP contribution in [-0.4, -0.2) is 23.9 Å². The SMILES string of the molecule is CCCC(CCN)CCC(=O)N1CCc2ccccc2C1. The number of hydrogen-bond acceptors (Lipinski definition) is 2. The number of rotatable bonds is 7. The van der Waals surface area contributed by atoms with E-state index >= 15 is 0 Å². The summed E-state index contributed by atoms with van der Waals surface area (Å²) in [5, 5.41) is 0. The molecule has 1 amide bonds. The van der Waals surface area contributed by atoms with Gasteiger partial charge in [-0.1, -0.05) is 44.0 Å². The van der Waals surface area contributed by atoms with Gasteiger partial charge in [-0.25, -0.2) is 0 Å². The molecule has 3 nitrogen and oxygen atoms in total. The van der Waals surface area contributed by atoms with Crippen molar-refractivity contribution in [2.24, 2.45) is 11.7 Å². The van der Waals surface area contributed by atoms with Crippen LogP contribution in [0.3, 0.4) is 0 Å². The van der Waals surface area contributed by atoms with Crippen molar-refractivity contribution in [1.29, 1.82) is 0 Å². The molecule has 0 bridgehead atoms. The topological polar surface area (TPSA) is 46.3 Å². The Morgan fingerprint density at radius 1 is 1.24 bits per heavy atom. The Morgan fingerprint density at radius 3 is 2.71 bits per heavy atom. The lowest BCUT2D eigenvalue weighted by molar-refractivity contribution is -0.132. The molecule has 1 unspecified atom stereocenters. The first-order valence-electron chi connectivity index (χ1n) is 8.29. The van der Waals surface area contributed by atoms with Crippen LogP contribution in [0.4, 0.5) is 0 Å². The average molecular weight is 288 g/mol. The molecule has 1 aliphatic heterocycles. The lowest BCUT2D eigenvalue weighted by Gasteiger charge is -2.29. The van der Waals surface area contributed by atoms with Gasteiger partial charge in [0, 0.05) is 19.5 Å². The van der Waals surface area contributed by atoms with E-state index in [9.17, 15) is 4.79 Å². The molecule has 0 radical (unpaired) electrons. The van der Waals surface area contributed by atoms with Gasteiger partial charge < -0.3 is 10.6 Å². The fourth-order valence-corrected chi connectivity index (χ4v) is 3.27. The highest BCUT2D eigenvalue weighted by Crippen LogP contribution is 2.21. The molecular weight excluding hydrogens is 260 g/mol. The van der Waals surface area contributed by atoms with Gasteiger partial charge in [0.05, 0.1) is 0 Å². The minimum absolute atomic E-state index is 0.308. The largest absolute Gasteiger partial charge is 0.338 e. The van der Waals surface area contributed by atoms with Gasteiger partial charge >= 0.3 is 0 Å².